The number of piperidine rings is 1. The molecule has 2 heterocycles. The first-order chi connectivity index (χ1) is 7.68. The van der Waals surface area contributed by atoms with E-state index in [4.69, 9.17) is 0 Å². The van der Waals surface area contributed by atoms with Gasteiger partial charge in [-0.3, -0.25) is 4.79 Å². The number of nitrogens with zero attached hydrogens (tertiary/aromatic N) is 4. The van der Waals surface area contributed by atoms with Crippen molar-refractivity contribution < 1.29 is 4.79 Å². The maximum absolute atomic E-state index is 12.0. The maximum atomic E-state index is 12.0. The fraction of sp³-hybridized carbons (Fsp3) is 0.700. The molecule has 0 spiro atoms. The highest BCUT2D eigenvalue weighted by Gasteiger charge is 2.26. The van der Waals surface area contributed by atoms with E-state index in [0.717, 1.165) is 25.9 Å². The molecule has 6 heteroatoms. The summed E-state index contributed by atoms with van der Waals surface area (Å²) in [6.07, 6.45) is 3.66. The number of carbonyl (C=O) groups is 1. The van der Waals surface area contributed by atoms with Gasteiger partial charge in [0.25, 0.3) is 5.91 Å². The first-order valence-electron chi connectivity index (χ1n) is 5.50. The minimum atomic E-state index is -0.0611. The second kappa shape index (κ2) is 4.61. The predicted octanol–water partition coefficient (Wildman–Crippen LogP) is -0.0291. The van der Waals surface area contributed by atoms with Crippen molar-refractivity contribution in [2.45, 2.75) is 18.9 Å². The molecular weight excluding hydrogens is 206 g/mol. The number of aromatic nitrogens is 3. The highest BCUT2D eigenvalue weighted by atomic mass is 16.2. The predicted molar refractivity (Wildman–Crippen MR) is 59.0 cm³/mol. The molecule has 1 N–H and O–H groups in total. The van der Waals surface area contributed by atoms with Gasteiger partial charge in [0.15, 0.2) is 5.69 Å². The van der Waals surface area contributed by atoms with Gasteiger partial charge in [-0.15, -0.1) is 0 Å². The Kier molecular flexibility index (Phi) is 3.19. The van der Waals surface area contributed by atoms with E-state index < -0.39 is 0 Å². The van der Waals surface area contributed by atoms with Gasteiger partial charge in [-0.25, -0.2) is 0 Å². The second-order valence-electron chi connectivity index (χ2n) is 4.33. The molecule has 2 rings (SSSR count). The van der Waals surface area contributed by atoms with Crippen molar-refractivity contribution in [3.05, 3.63) is 11.9 Å². The largest absolute Gasteiger partial charge is 0.336 e. The molecule has 1 aliphatic heterocycles. The van der Waals surface area contributed by atoms with Gasteiger partial charge < -0.3 is 9.80 Å². The van der Waals surface area contributed by atoms with Crippen molar-refractivity contribution in [2.24, 2.45) is 0 Å². The van der Waals surface area contributed by atoms with Crippen LogP contribution in [0.15, 0.2) is 6.20 Å². The topological polar surface area (TPSA) is 65.1 Å². The third-order valence-corrected chi connectivity index (χ3v) is 3.10. The molecule has 0 aromatic carbocycles. The molecule has 0 saturated carbocycles. The number of likely N-dealkylation sites (N-methyl/N-ethyl adjacent to an activating group) is 2. The fourth-order valence-corrected chi connectivity index (χ4v) is 2.11. The summed E-state index contributed by atoms with van der Waals surface area (Å²) in [6.45, 7) is 2.04. The number of nitrogens with one attached hydrogen (secondary N) is 1. The zero-order chi connectivity index (χ0) is 11.5. The summed E-state index contributed by atoms with van der Waals surface area (Å²) < 4.78 is 0. The molecule has 1 atom stereocenters. The van der Waals surface area contributed by atoms with Crippen molar-refractivity contribution in [2.75, 3.05) is 27.2 Å². The van der Waals surface area contributed by atoms with Crippen LogP contribution in [-0.2, 0) is 0 Å². The fourth-order valence-electron chi connectivity index (χ4n) is 2.11. The second-order valence-corrected chi connectivity index (χ2v) is 4.33. The number of likely N-dealkylation sites (tertiary alicyclic amines) is 1. The van der Waals surface area contributed by atoms with Gasteiger partial charge in [-0.2, -0.15) is 15.4 Å². The molecule has 88 valence electrons. The van der Waals surface area contributed by atoms with Crippen molar-refractivity contribution in [1.82, 2.24) is 25.2 Å². The zero-order valence-corrected chi connectivity index (χ0v) is 9.68. The van der Waals surface area contributed by atoms with Crippen LogP contribution in [-0.4, -0.2) is 64.3 Å². The van der Waals surface area contributed by atoms with E-state index in [1.807, 2.05) is 7.05 Å². The van der Waals surface area contributed by atoms with E-state index in [-0.39, 0.29) is 11.9 Å². The molecule has 0 aliphatic carbocycles. The van der Waals surface area contributed by atoms with E-state index in [1.165, 1.54) is 6.20 Å². The average molecular weight is 223 g/mol. The minimum Gasteiger partial charge on any atom is -0.336 e. The Bertz CT molecular complexity index is 350. The van der Waals surface area contributed by atoms with Crippen LogP contribution < -0.4 is 0 Å². The number of hydrogen-bond acceptors (Lipinski definition) is 4. The molecule has 1 saturated heterocycles. The van der Waals surface area contributed by atoms with Gasteiger partial charge in [0.1, 0.15) is 0 Å². The first-order valence-corrected chi connectivity index (χ1v) is 5.50. The number of carbonyl (C=O) groups excluding carboxylic acids is 1. The third kappa shape index (κ3) is 2.21. The van der Waals surface area contributed by atoms with Crippen molar-refractivity contribution in [3.63, 3.8) is 0 Å². The molecule has 0 radical (unpaired) electrons. The summed E-state index contributed by atoms with van der Waals surface area (Å²) in [5, 5.41) is 9.92. The van der Waals surface area contributed by atoms with E-state index in [1.54, 1.807) is 4.90 Å². The molecule has 1 fully saturated rings. The summed E-state index contributed by atoms with van der Waals surface area (Å²) >= 11 is 0. The SMILES string of the molecule is CN1CCCC(N(C)C(=O)c2cn[nH]n2)C1. The molecule has 6 nitrogen and oxygen atoms in total. The average Bonchev–Trinajstić information content (AvgIpc) is 2.80. The van der Waals surface area contributed by atoms with Crippen LogP contribution in [0.3, 0.4) is 0 Å². The van der Waals surface area contributed by atoms with E-state index in [0.29, 0.717) is 5.69 Å². The van der Waals surface area contributed by atoms with Gasteiger partial charge in [0.2, 0.25) is 0 Å². The maximum Gasteiger partial charge on any atom is 0.276 e. The monoisotopic (exact) mass is 223 g/mol. The van der Waals surface area contributed by atoms with E-state index >= 15 is 0 Å². The van der Waals surface area contributed by atoms with Gasteiger partial charge in [-0.1, -0.05) is 0 Å². The minimum absolute atomic E-state index is 0.0611. The molecule has 1 aromatic rings. The Morgan fingerprint density at radius 3 is 3.12 bits per heavy atom. The Balaban J connectivity index is 2.01. The Morgan fingerprint density at radius 2 is 2.50 bits per heavy atom. The summed E-state index contributed by atoms with van der Waals surface area (Å²) in [5.41, 5.74) is 0.385. The van der Waals surface area contributed by atoms with Gasteiger partial charge in [0.05, 0.1) is 6.20 Å². The van der Waals surface area contributed by atoms with Gasteiger partial charge in [0, 0.05) is 19.6 Å². The molecular formula is C10H17N5O. The lowest BCUT2D eigenvalue weighted by atomic mass is 10.0. The van der Waals surface area contributed by atoms with Crippen LogP contribution in [0.4, 0.5) is 0 Å². The molecule has 1 aliphatic rings. The Morgan fingerprint density at radius 1 is 1.69 bits per heavy atom. The quantitative estimate of drug-likeness (QED) is 0.764. The van der Waals surface area contributed by atoms with Crippen LogP contribution >= 0.6 is 0 Å². The molecule has 1 unspecified atom stereocenters. The molecule has 1 amide bonds. The Labute approximate surface area is 94.6 Å². The van der Waals surface area contributed by atoms with Gasteiger partial charge >= 0.3 is 0 Å². The lowest BCUT2D eigenvalue weighted by molar-refractivity contribution is 0.0638. The van der Waals surface area contributed by atoms with Crippen LogP contribution in [0.25, 0.3) is 0 Å². The number of aromatic amines is 1. The number of rotatable bonds is 2. The van der Waals surface area contributed by atoms with Crippen LogP contribution in [0.2, 0.25) is 0 Å². The van der Waals surface area contributed by atoms with E-state index in [9.17, 15) is 4.79 Å². The number of amides is 1. The van der Waals surface area contributed by atoms with Crippen LogP contribution in [0, 0.1) is 0 Å². The van der Waals surface area contributed by atoms with Crippen molar-refractivity contribution in [1.29, 1.82) is 0 Å². The number of H-pyrrole nitrogens is 1. The zero-order valence-electron chi connectivity index (χ0n) is 9.68. The molecule has 0 bridgehead atoms. The van der Waals surface area contributed by atoms with E-state index in [2.05, 4.69) is 27.4 Å². The third-order valence-electron chi connectivity index (χ3n) is 3.10. The Hall–Kier alpha value is -1.43. The summed E-state index contributed by atoms with van der Waals surface area (Å²) in [4.78, 5) is 16.0. The summed E-state index contributed by atoms with van der Waals surface area (Å²) in [6, 6.07) is 0.281. The van der Waals surface area contributed by atoms with Crippen molar-refractivity contribution >= 4 is 5.91 Å². The van der Waals surface area contributed by atoms with Gasteiger partial charge in [-0.05, 0) is 26.4 Å². The normalized spacial score (nSPS) is 22.0. The summed E-state index contributed by atoms with van der Waals surface area (Å²) in [5.74, 6) is -0.0611. The van der Waals surface area contributed by atoms with Crippen molar-refractivity contribution in [3.8, 4) is 0 Å². The molecule has 1 aromatic heterocycles. The lowest BCUT2D eigenvalue weighted by Gasteiger charge is -2.35. The highest BCUT2D eigenvalue weighted by Crippen LogP contribution is 2.14. The summed E-state index contributed by atoms with van der Waals surface area (Å²) in [7, 11) is 3.92. The van der Waals surface area contributed by atoms with Crippen LogP contribution in [0.5, 0.6) is 0 Å². The highest BCUT2D eigenvalue weighted by molar-refractivity contribution is 5.91. The standard InChI is InChI=1S/C10H17N5O/c1-14-5-3-4-8(7-14)15(2)10(16)9-6-11-13-12-9/h6,8H,3-5,7H2,1-2H3,(H,11,12,13). The van der Waals surface area contributed by atoms with Crippen LogP contribution in [0.1, 0.15) is 23.3 Å². The first kappa shape index (κ1) is 11.1. The molecule has 16 heavy (non-hydrogen) atoms. The number of hydrogen-bond donors (Lipinski definition) is 1. The smallest absolute Gasteiger partial charge is 0.276 e. The lowest BCUT2D eigenvalue weighted by Crippen LogP contribution is -2.47.